The molecule has 0 aliphatic heterocycles. The van der Waals surface area contributed by atoms with Gasteiger partial charge in [0, 0.05) is 18.4 Å². The number of hydrogen-bond acceptors (Lipinski definition) is 4. The Bertz CT molecular complexity index is 765. The monoisotopic (exact) mass is 356 g/mol. The molecule has 1 amide bonds. The fourth-order valence-corrected chi connectivity index (χ4v) is 1.97. The van der Waals surface area contributed by atoms with Crippen molar-refractivity contribution in [2.75, 3.05) is 17.2 Å². The van der Waals surface area contributed by atoms with E-state index in [-0.39, 0.29) is 17.3 Å². The lowest BCUT2D eigenvalue weighted by atomic mass is 10.2. The second-order valence-corrected chi connectivity index (χ2v) is 4.99. The highest BCUT2D eigenvalue weighted by Crippen LogP contribution is 2.36. The maximum absolute atomic E-state index is 12.8. The summed E-state index contributed by atoms with van der Waals surface area (Å²) in [6, 6.07) is 4.44. The third-order valence-electron chi connectivity index (χ3n) is 2.82. The summed E-state index contributed by atoms with van der Waals surface area (Å²) in [6.45, 7) is 3.92. The van der Waals surface area contributed by atoms with E-state index < -0.39 is 22.7 Å². The summed E-state index contributed by atoms with van der Waals surface area (Å²) in [4.78, 5) is 20.0. The van der Waals surface area contributed by atoms with Gasteiger partial charge in [0.25, 0.3) is 5.91 Å². The largest absolute Gasteiger partial charge is 0.417 e. The molecule has 0 fully saturated rings. The zero-order valence-electron chi connectivity index (χ0n) is 12.2. The van der Waals surface area contributed by atoms with E-state index in [1.165, 1.54) is 18.3 Å². The van der Waals surface area contributed by atoms with Crippen LogP contribution in [0.25, 0.3) is 0 Å². The van der Waals surface area contributed by atoms with Crippen molar-refractivity contribution >= 4 is 29.1 Å². The van der Waals surface area contributed by atoms with Gasteiger partial charge in [0.1, 0.15) is 5.69 Å². The molecule has 1 aromatic heterocycles. The first-order valence-corrected chi connectivity index (χ1v) is 7.05. The number of carbonyl (C=O) groups is 1. The van der Waals surface area contributed by atoms with Crippen LogP contribution in [-0.4, -0.2) is 22.4 Å². The summed E-state index contributed by atoms with van der Waals surface area (Å²) in [7, 11) is 0. The number of hydrogen-bond donors (Lipinski definition) is 2. The highest BCUT2D eigenvalue weighted by molar-refractivity contribution is 6.31. The second kappa shape index (κ2) is 7.31. The smallest absolute Gasteiger partial charge is 0.351 e. The summed E-state index contributed by atoms with van der Waals surface area (Å²) in [5.41, 5.74) is -1.07. The van der Waals surface area contributed by atoms with Gasteiger partial charge < -0.3 is 10.6 Å². The van der Waals surface area contributed by atoms with Crippen LogP contribution in [0.3, 0.4) is 0 Å². The summed E-state index contributed by atoms with van der Waals surface area (Å²) < 4.78 is 38.5. The SMILES string of the molecule is C=CCNc1nccc(C(=O)Nc2ccc(Cl)c(C(F)(F)F)c2)n1. The van der Waals surface area contributed by atoms with Gasteiger partial charge in [-0.2, -0.15) is 13.2 Å². The number of rotatable bonds is 5. The molecular formula is C15H12ClF3N4O. The summed E-state index contributed by atoms with van der Waals surface area (Å²) in [5.74, 6) is -0.468. The molecule has 2 N–H and O–H groups in total. The van der Waals surface area contributed by atoms with Crippen molar-refractivity contribution in [1.29, 1.82) is 0 Å². The van der Waals surface area contributed by atoms with Crippen LogP contribution >= 0.6 is 11.6 Å². The molecule has 0 aliphatic carbocycles. The Morgan fingerprint density at radius 1 is 1.33 bits per heavy atom. The first-order valence-electron chi connectivity index (χ1n) is 6.67. The van der Waals surface area contributed by atoms with Gasteiger partial charge in [0.05, 0.1) is 10.6 Å². The summed E-state index contributed by atoms with van der Waals surface area (Å²) >= 11 is 5.53. The molecule has 5 nitrogen and oxygen atoms in total. The molecule has 24 heavy (non-hydrogen) atoms. The van der Waals surface area contributed by atoms with E-state index in [2.05, 4.69) is 27.2 Å². The van der Waals surface area contributed by atoms with E-state index in [0.717, 1.165) is 12.1 Å². The highest BCUT2D eigenvalue weighted by Gasteiger charge is 2.33. The number of anilines is 2. The summed E-state index contributed by atoms with van der Waals surface area (Å²) in [6.07, 6.45) is -1.67. The molecule has 0 saturated heterocycles. The van der Waals surface area contributed by atoms with Crippen LogP contribution in [0, 0.1) is 0 Å². The van der Waals surface area contributed by atoms with Crippen molar-refractivity contribution in [2.24, 2.45) is 0 Å². The Kier molecular flexibility index (Phi) is 5.40. The zero-order valence-corrected chi connectivity index (χ0v) is 12.9. The fourth-order valence-electron chi connectivity index (χ4n) is 1.75. The number of benzene rings is 1. The standard InChI is InChI=1S/C15H12ClF3N4O/c1-2-6-20-14-21-7-5-12(23-14)13(24)22-9-3-4-11(16)10(8-9)15(17,18)19/h2-5,7-8H,1,6H2,(H,22,24)(H,20,21,23). The van der Waals surface area contributed by atoms with Crippen LogP contribution in [0.4, 0.5) is 24.8 Å². The number of nitrogens with zero attached hydrogens (tertiary/aromatic N) is 2. The van der Waals surface area contributed by atoms with E-state index >= 15 is 0 Å². The van der Waals surface area contributed by atoms with Gasteiger partial charge in [-0.05, 0) is 24.3 Å². The van der Waals surface area contributed by atoms with Gasteiger partial charge in [-0.1, -0.05) is 17.7 Å². The maximum Gasteiger partial charge on any atom is 0.417 e. The van der Waals surface area contributed by atoms with Gasteiger partial charge in [-0.25, -0.2) is 9.97 Å². The Hall–Kier alpha value is -2.61. The minimum absolute atomic E-state index is 0.0000657. The molecule has 1 aromatic carbocycles. The van der Waals surface area contributed by atoms with Crippen molar-refractivity contribution in [2.45, 2.75) is 6.18 Å². The Balaban J connectivity index is 2.19. The lowest BCUT2D eigenvalue weighted by molar-refractivity contribution is -0.137. The lowest BCUT2D eigenvalue weighted by Crippen LogP contribution is -2.16. The number of nitrogens with one attached hydrogen (secondary N) is 2. The van der Waals surface area contributed by atoms with Gasteiger partial charge in [0.2, 0.25) is 5.95 Å². The number of carbonyl (C=O) groups excluding carboxylic acids is 1. The Labute approximate surface area is 140 Å². The third-order valence-corrected chi connectivity index (χ3v) is 3.15. The molecule has 0 aliphatic rings. The minimum atomic E-state index is -4.62. The third kappa shape index (κ3) is 4.45. The number of halogens is 4. The van der Waals surface area contributed by atoms with Crippen LogP contribution in [0.5, 0.6) is 0 Å². The van der Waals surface area contributed by atoms with Crippen molar-refractivity contribution < 1.29 is 18.0 Å². The molecule has 0 saturated carbocycles. The van der Waals surface area contributed by atoms with Crippen LogP contribution in [0.2, 0.25) is 5.02 Å². The lowest BCUT2D eigenvalue weighted by Gasteiger charge is -2.11. The molecule has 126 valence electrons. The van der Waals surface area contributed by atoms with Crippen LogP contribution in [0.15, 0.2) is 43.1 Å². The van der Waals surface area contributed by atoms with Crippen LogP contribution < -0.4 is 10.6 Å². The first-order chi connectivity index (χ1) is 11.3. The van der Waals surface area contributed by atoms with Gasteiger partial charge >= 0.3 is 6.18 Å². The quantitative estimate of drug-likeness (QED) is 0.795. The molecule has 0 bridgehead atoms. The predicted octanol–water partition coefficient (Wildman–Crippen LogP) is 4.00. The first kappa shape index (κ1) is 17.7. The van der Waals surface area contributed by atoms with Crippen molar-refractivity contribution in [3.8, 4) is 0 Å². The molecule has 2 aromatic rings. The topological polar surface area (TPSA) is 66.9 Å². The number of alkyl halides is 3. The van der Waals surface area contributed by atoms with Crippen molar-refractivity contribution in [3.05, 3.63) is 59.4 Å². The normalized spacial score (nSPS) is 11.0. The van der Waals surface area contributed by atoms with E-state index in [4.69, 9.17) is 11.6 Å². The van der Waals surface area contributed by atoms with Crippen molar-refractivity contribution in [1.82, 2.24) is 9.97 Å². The molecule has 0 spiro atoms. The zero-order chi connectivity index (χ0) is 17.7. The predicted molar refractivity (Wildman–Crippen MR) is 85.1 cm³/mol. The molecule has 0 unspecified atom stereocenters. The molecule has 2 rings (SSSR count). The molecule has 9 heteroatoms. The average Bonchev–Trinajstić information content (AvgIpc) is 2.54. The molecule has 0 atom stereocenters. The average molecular weight is 357 g/mol. The van der Waals surface area contributed by atoms with Crippen molar-refractivity contribution in [3.63, 3.8) is 0 Å². The molecular weight excluding hydrogens is 345 g/mol. The number of aromatic nitrogens is 2. The van der Waals surface area contributed by atoms with Gasteiger partial charge in [-0.15, -0.1) is 6.58 Å². The van der Waals surface area contributed by atoms with Gasteiger partial charge in [-0.3, -0.25) is 4.79 Å². The molecule has 0 radical (unpaired) electrons. The maximum atomic E-state index is 12.8. The van der Waals surface area contributed by atoms with E-state index in [0.29, 0.717) is 6.54 Å². The fraction of sp³-hybridized carbons (Fsp3) is 0.133. The van der Waals surface area contributed by atoms with E-state index in [1.54, 1.807) is 6.08 Å². The van der Waals surface area contributed by atoms with E-state index in [1.807, 2.05) is 0 Å². The Morgan fingerprint density at radius 3 is 2.75 bits per heavy atom. The van der Waals surface area contributed by atoms with E-state index in [9.17, 15) is 18.0 Å². The van der Waals surface area contributed by atoms with Gasteiger partial charge in [0.15, 0.2) is 0 Å². The number of amides is 1. The highest BCUT2D eigenvalue weighted by atomic mass is 35.5. The van der Waals surface area contributed by atoms with Crippen LogP contribution in [0.1, 0.15) is 16.1 Å². The van der Waals surface area contributed by atoms with Crippen LogP contribution in [-0.2, 0) is 6.18 Å². The Morgan fingerprint density at radius 2 is 2.08 bits per heavy atom. The minimum Gasteiger partial charge on any atom is -0.351 e. The summed E-state index contributed by atoms with van der Waals surface area (Å²) in [5, 5.41) is 4.70. The second-order valence-electron chi connectivity index (χ2n) is 4.58. The molecule has 1 heterocycles.